The zero-order chi connectivity index (χ0) is 23.1. The Kier molecular flexibility index (Phi) is 5.77. The second-order valence-corrected chi connectivity index (χ2v) is 9.85. The third-order valence-corrected chi connectivity index (χ3v) is 7.28. The van der Waals surface area contributed by atoms with Crippen LogP contribution in [0.25, 0.3) is 11.1 Å². The van der Waals surface area contributed by atoms with Gasteiger partial charge >= 0.3 is 0 Å². The Morgan fingerprint density at radius 2 is 1.82 bits per heavy atom. The lowest BCUT2D eigenvalue weighted by Gasteiger charge is -2.37. The summed E-state index contributed by atoms with van der Waals surface area (Å²) in [7, 11) is 0. The van der Waals surface area contributed by atoms with E-state index in [1.54, 1.807) is 12.1 Å². The highest BCUT2D eigenvalue weighted by molar-refractivity contribution is 5.78. The fourth-order valence-corrected chi connectivity index (χ4v) is 5.12. The minimum absolute atomic E-state index is 0.264. The van der Waals surface area contributed by atoms with Crippen LogP contribution >= 0.6 is 0 Å². The zero-order valence-corrected chi connectivity index (χ0v) is 19.6. The first kappa shape index (κ1) is 21.7. The highest BCUT2D eigenvalue weighted by Gasteiger charge is 2.33. The maximum absolute atomic E-state index is 13.6. The molecule has 2 fully saturated rings. The molecule has 34 heavy (non-hydrogen) atoms. The largest absolute Gasteiger partial charge is 0.456 e. The highest BCUT2D eigenvalue weighted by atomic mass is 19.1. The van der Waals surface area contributed by atoms with Gasteiger partial charge in [0.25, 0.3) is 0 Å². The maximum atomic E-state index is 13.6. The minimum atomic E-state index is -0.264. The normalized spacial score (nSPS) is 20.9. The summed E-state index contributed by atoms with van der Waals surface area (Å²) in [6.07, 6.45) is 10.7. The standard InChI is InChI=1S/C28H31FN4O/c1-19-2-9-26-27(32(19)17-20-3-4-20)11-10-25(28(26)34-24-7-5-22(29)6-8-24)21-16-31-33(18-21)23-12-14-30-15-13-23/h5-8,10-11,16,18-20,23,30H,2-4,9,12-15H2,1H3/t19-/m0/s1. The molecule has 1 N–H and O–H groups in total. The SMILES string of the molecule is C[C@H]1CCc2c(ccc(-c3cnn(C4CCNCC4)c3)c2Oc2ccc(F)cc2)N1[C]C1CC1. The molecule has 1 atom stereocenters. The molecule has 1 saturated carbocycles. The molecule has 0 spiro atoms. The van der Waals surface area contributed by atoms with E-state index in [-0.39, 0.29) is 5.82 Å². The van der Waals surface area contributed by atoms with Crippen LogP contribution in [0, 0.1) is 18.3 Å². The van der Waals surface area contributed by atoms with E-state index in [1.807, 2.05) is 6.20 Å². The van der Waals surface area contributed by atoms with Gasteiger partial charge in [0.2, 0.25) is 0 Å². The van der Waals surface area contributed by atoms with Crippen LogP contribution in [0.15, 0.2) is 48.8 Å². The van der Waals surface area contributed by atoms with E-state index in [0.717, 1.165) is 55.6 Å². The van der Waals surface area contributed by atoms with Crippen molar-refractivity contribution in [2.24, 2.45) is 5.92 Å². The number of hydrogen-bond donors (Lipinski definition) is 1. The molecule has 0 bridgehead atoms. The summed E-state index contributed by atoms with van der Waals surface area (Å²) >= 11 is 0. The van der Waals surface area contributed by atoms with E-state index >= 15 is 0 Å². The number of nitrogens with one attached hydrogen (secondary N) is 1. The van der Waals surface area contributed by atoms with E-state index in [9.17, 15) is 4.39 Å². The molecule has 6 heteroatoms. The lowest BCUT2D eigenvalue weighted by molar-refractivity contribution is 0.343. The molecule has 3 aromatic rings. The van der Waals surface area contributed by atoms with Gasteiger partial charge in [-0.3, -0.25) is 4.68 Å². The molecule has 1 aromatic heterocycles. The first-order valence-electron chi connectivity index (χ1n) is 12.6. The summed E-state index contributed by atoms with van der Waals surface area (Å²) in [6.45, 7) is 8.04. The average Bonchev–Trinajstić information content (AvgIpc) is 3.55. The summed E-state index contributed by atoms with van der Waals surface area (Å²) in [4.78, 5) is 2.33. The first-order valence-corrected chi connectivity index (χ1v) is 12.6. The molecular weight excluding hydrogens is 427 g/mol. The Balaban J connectivity index is 1.41. The number of aromatic nitrogens is 2. The summed E-state index contributed by atoms with van der Waals surface area (Å²) in [5, 5.41) is 8.15. The van der Waals surface area contributed by atoms with E-state index in [0.29, 0.717) is 23.8 Å². The molecule has 0 amide bonds. The molecular formula is C28H31FN4O. The molecule has 6 rings (SSSR count). The molecule has 176 valence electrons. The Hall–Kier alpha value is -2.86. The van der Waals surface area contributed by atoms with E-state index < -0.39 is 0 Å². The monoisotopic (exact) mass is 458 g/mol. The lowest BCUT2D eigenvalue weighted by atomic mass is 9.92. The van der Waals surface area contributed by atoms with Crippen LogP contribution in [0.1, 0.15) is 50.6 Å². The van der Waals surface area contributed by atoms with E-state index in [2.05, 4.69) is 46.7 Å². The van der Waals surface area contributed by atoms with Crippen LogP contribution in [0.4, 0.5) is 10.1 Å². The second kappa shape index (κ2) is 9.06. The van der Waals surface area contributed by atoms with Crippen molar-refractivity contribution in [3.63, 3.8) is 0 Å². The smallest absolute Gasteiger partial charge is 0.140 e. The summed E-state index contributed by atoms with van der Waals surface area (Å²) in [6, 6.07) is 11.5. The number of piperidine rings is 1. The van der Waals surface area contributed by atoms with Crippen molar-refractivity contribution in [1.82, 2.24) is 15.1 Å². The predicted molar refractivity (Wildman–Crippen MR) is 132 cm³/mol. The quantitative estimate of drug-likeness (QED) is 0.492. The molecule has 5 nitrogen and oxygen atoms in total. The fourth-order valence-electron chi connectivity index (χ4n) is 5.12. The van der Waals surface area contributed by atoms with Crippen LogP contribution in [0.3, 0.4) is 0 Å². The van der Waals surface area contributed by atoms with Gasteiger partial charge in [0.05, 0.1) is 18.8 Å². The van der Waals surface area contributed by atoms with Crippen LogP contribution in [-0.2, 0) is 6.42 Å². The van der Waals surface area contributed by atoms with Crippen molar-refractivity contribution >= 4 is 5.69 Å². The van der Waals surface area contributed by atoms with Gasteiger partial charge < -0.3 is 15.0 Å². The summed E-state index contributed by atoms with van der Waals surface area (Å²) in [5.41, 5.74) is 4.46. The number of hydrogen-bond acceptors (Lipinski definition) is 4. The molecule has 1 aliphatic carbocycles. The molecule has 2 aliphatic heterocycles. The number of rotatable bonds is 6. The minimum Gasteiger partial charge on any atom is -0.456 e. The number of anilines is 1. The molecule has 2 radical (unpaired) electrons. The molecule has 3 aliphatic rings. The van der Waals surface area contributed by atoms with Gasteiger partial charge in [-0.15, -0.1) is 0 Å². The summed E-state index contributed by atoms with van der Waals surface area (Å²) in [5.74, 6) is 1.79. The van der Waals surface area contributed by atoms with Gasteiger partial charge in [-0.05, 0) is 101 Å². The first-order chi connectivity index (χ1) is 16.7. The van der Waals surface area contributed by atoms with Crippen LogP contribution in [0.5, 0.6) is 11.5 Å². The van der Waals surface area contributed by atoms with Gasteiger partial charge in [0.15, 0.2) is 0 Å². The number of benzene rings is 2. The molecule has 2 aromatic carbocycles. The molecule has 0 unspecified atom stereocenters. The van der Waals surface area contributed by atoms with Crippen LogP contribution < -0.4 is 15.0 Å². The van der Waals surface area contributed by atoms with Gasteiger partial charge in [0.1, 0.15) is 17.3 Å². The predicted octanol–water partition coefficient (Wildman–Crippen LogP) is 6.00. The number of nitrogens with zero attached hydrogens (tertiary/aromatic N) is 3. The van der Waals surface area contributed by atoms with E-state index in [1.165, 1.54) is 36.2 Å². The number of fused-ring (bicyclic) bond motifs is 1. The van der Waals surface area contributed by atoms with Crippen LogP contribution in [-0.4, -0.2) is 28.9 Å². The highest BCUT2D eigenvalue weighted by Crippen LogP contribution is 2.47. The maximum Gasteiger partial charge on any atom is 0.140 e. The Bertz CT molecular complexity index is 1150. The summed E-state index contributed by atoms with van der Waals surface area (Å²) < 4.78 is 22.2. The van der Waals surface area contributed by atoms with Crippen molar-refractivity contribution in [3.8, 4) is 22.6 Å². The second-order valence-electron chi connectivity index (χ2n) is 9.85. The average molecular weight is 459 g/mol. The Morgan fingerprint density at radius 1 is 1.03 bits per heavy atom. The number of halogens is 1. The van der Waals surface area contributed by atoms with E-state index in [4.69, 9.17) is 9.84 Å². The van der Waals surface area contributed by atoms with Crippen molar-refractivity contribution in [2.75, 3.05) is 18.0 Å². The third-order valence-electron chi connectivity index (χ3n) is 7.28. The van der Waals surface area contributed by atoms with Crippen molar-refractivity contribution in [2.45, 2.75) is 57.5 Å². The molecule has 1 saturated heterocycles. The number of ether oxygens (including phenoxy) is 1. The van der Waals surface area contributed by atoms with Gasteiger partial charge in [-0.1, -0.05) is 0 Å². The zero-order valence-electron chi connectivity index (χ0n) is 19.6. The van der Waals surface area contributed by atoms with Crippen molar-refractivity contribution in [1.29, 1.82) is 0 Å². The van der Waals surface area contributed by atoms with Gasteiger partial charge in [-0.25, -0.2) is 4.39 Å². The van der Waals surface area contributed by atoms with Gasteiger partial charge in [-0.2, -0.15) is 5.10 Å². The van der Waals surface area contributed by atoms with Crippen molar-refractivity contribution in [3.05, 3.63) is 66.7 Å². The lowest BCUT2D eigenvalue weighted by Crippen LogP contribution is -2.35. The van der Waals surface area contributed by atoms with Crippen LogP contribution in [0.2, 0.25) is 0 Å². The topological polar surface area (TPSA) is 42.3 Å². The van der Waals surface area contributed by atoms with Crippen molar-refractivity contribution < 1.29 is 9.13 Å². The Morgan fingerprint density at radius 3 is 2.59 bits per heavy atom. The molecule has 3 heterocycles. The fraction of sp³-hybridized carbons (Fsp3) is 0.429. The Labute approximate surface area is 200 Å². The van der Waals surface area contributed by atoms with Gasteiger partial charge in [0, 0.05) is 34.6 Å². The third kappa shape index (κ3) is 4.31.